The molecule has 3 N–H and O–H groups in total. The maximum atomic E-state index is 11.8. The first kappa shape index (κ1) is 14.9. The molecule has 0 aliphatic rings. The van der Waals surface area contributed by atoms with Crippen LogP contribution in [0.2, 0.25) is 0 Å². The molecule has 0 radical (unpaired) electrons. The van der Waals surface area contributed by atoms with Crippen LogP contribution in [-0.4, -0.2) is 35.6 Å². The number of nitrogens with one attached hydrogen (secondary N) is 2. The van der Waals surface area contributed by atoms with Gasteiger partial charge in [0, 0.05) is 0 Å². The molecule has 94 valence electrons. The van der Waals surface area contributed by atoms with E-state index in [1.165, 1.54) is 0 Å². The van der Waals surface area contributed by atoms with Gasteiger partial charge in [-0.15, -0.1) is 0 Å². The van der Waals surface area contributed by atoms with Gasteiger partial charge in [-0.05, 0) is 33.2 Å². The first-order valence-electron chi connectivity index (χ1n) is 5.43. The number of amides is 1. The Bertz CT molecular complexity index is 262. The highest BCUT2D eigenvalue weighted by Gasteiger charge is 2.29. The fourth-order valence-corrected chi connectivity index (χ4v) is 1.15. The van der Waals surface area contributed by atoms with Crippen LogP contribution in [0.1, 0.15) is 34.1 Å². The van der Waals surface area contributed by atoms with Crippen molar-refractivity contribution in [1.82, 2.24) is 10.6 Å². The van der Waals surface area contributed by atoms with Gasteiger partial charge in [0.15, 0.2) is 0 Å². The van der Waals surface area contributed by atoms with Crippen LogP contribution in [-0.2, 0) is 9.59 Å². The number of rotatable bonds is 6. The van der Waals surface area contributed by atoms with E-state index in [4.69, 9.17) is 5.11 Å². The van der Waals surface area contributed by atoms with Crippen molar-refractivity contribution in [2.45, 2.75) is 45.7 Å². The maximum Gasteiger partial charge on any atom is 0.326 e. The largest absolute Gasteiger partial charge is 0.480 e. The second kappa shape index (κ2) is 5.84. The lowest BCUT2D eigenvalue weighted by Crippen LogP contribution is -2.55. The molecule has 5 heteroatoms. The van der Waals surface area contributed by atoms with Crippen LogP contribution in [0.15, 0.2) is 0 Å². The Morgan fingerprint density at radius 2 is 1.81 bits per heavy atom. The minimum absolute atomic E-state index is 0.221. The van der Waals surface area contributed by atoms with Crippen LogP contribution in [0.5, 0.6) is 0 Å². The molecule has 0 saturated heterocycles. The van der Waals surface area contributed by atoms with E-state index >= 15 is 0 Å². The van der Waals surface area contributed by atoms with Crippen LogP contribution in [0.25, 0.3) is 0 Å². The zero-order valence-corrected chi connectivity index (χ0v) is 10.6. The van der Waals surface area contributed by atoms with Gasteiger partial charge in [-0.2, -0.15) is 0 Å². The lowest BCUT2D eigenvalue weighted by Gasteiger charge is -2.26. The minimum atomic E-state index is -0.992. The summed E-state index contributed by atoms with van der Waals surface area (Å²) in [6, 6.07) is -0.819. The summed E-state index contributed by atoms with van der Waals surface area (Å²) in [7, 11) is 1.66. The smallest absolute Gasteiger partial charge is 0.326 e. The molecule has 0 aliphatic carbocycles. The van der Waals surface area contributed by atoms with E-state index in [2.05, 4.69) is 10.6 Å². The van der Waals surface area contributed by atoms with Gasteiger partial charge in [0.05, 0.1) is 5.54 Å². The topological polar surface area (TPSA) is 78.4 Å². The Morgan fingerprint density at radius 3 is 2.12 bits per heavy atom. The predicted molar refractivity (Wildman–Crippen MR) is 62.2 cm³/mol. The average molecular weight is 230 g/mol. The Labute approximate surface area is 96.6 Å². The van der Waals surface area contributed by atoms with Crippen molar-refractivity contribution >= 4 is 11.9 Å². The molecule has 5 nitrogen and oxygen atoms in total. The SMILES string of the molecule is CNC(C)(C)C(=O)N[C@@H](CC(C)C)C(=O)O. The minimum Gasteiger partial charge on any atom is -0.480 e. The number of hydrogen-bond donors (Lipinski definition) is 3. The molecule has 0 unspecified atom stereocenters. The van der Waals surface area contributed by atoms with E-state index in [1.807, 2.05) is 13.8 Å². The summed E-state index contributed by atoms with van der Waals surface area (Å²) in [6.45, 7) is 7.25. The summed E-state index contributed by atoms with van der Waals surface area (Å²) >= 11 is 0. The predicted octanol–water partition coefficient (Wildman–Crippen LogP) is 0.600. The number of carbonyl (C=O) groups is 2. The van der Waals surface area contributed by atoms with Crippen molar-refractivity contribution in [1.29, 1.82) is 0 Å². The molecule has 0 aliphatic heterocycles. The van der Waals surface area contributed by atoms with E-state index in [-0.39, 0.29) is 11.8 Å². The zero-order chi connectivity index (χ0) is 12.9. The Balaban J connectivity index is 4.52. The van der Waals surface area contributed by atoms with Crippen molar-refractivity contribution in [3.63, 3.8) is 0 Å². The van der Waals surface area contributed by atoms with E-state index in [0.29, 0.717) is 6.42 Å². The summed E-state index contributed by atoms with van der Waals surface area (Å²) in [4.78, 5) is 22.7. The summed E-state index contributed by atoms with van der Waals surface area (Å²) in [5, 5.41) is 14.3. The molecule has 1 atom stereocenters. The molecule has 0 spiro atoms. The number of carbonyl (C=O) groups excluding carboxylic acids is 1. The van der Waals surface area contributed by atoms with E-state index in [1.54, 1.807) is 20.9 Å². The first-order chi connectivity index (χ1) is 7.20. The lowest BCUT2D eigenvalue weighted by molar-refractivity contribution is -0.143. The highest BCUT2D eigenvalue weighted by atomic mass is 16.4. The monoisotopic (exact) mass is 230 g/mol. The van der Waals surface area contributed by atoms with Crippen LogP contribution >= 0.6 is 0 Å². The third-order valence-corrected chi connectivity index (χ3v) is 2.50. The molecule has 0 aromatic carbocycles. The van der Waals surface area contributed by atoms with Crippen molar-refractivity contribution in [3.05, 3.63) is 0 Å². The van der Waals surface area contributed by atoms with E-state index in [9.17, 15) is 9.59 Å². The number of carboxylic acid groups (broad SMARTS) is 1. The van der Waals surface area contributed by atoms with Gasteiger partial charge < -0.3 is 15.7 Å². The Hall–Kier alpha value is -1.10. The summed E-state index contributed by atoms with van der Waals surface area (Å²) in [5.74, 6) is -1.07. The van der Waals surface area contributed by atoms with Crippen molar-refractivity contribution in [2.24, 2.45) is 5.92 Å². The second-order valence-electron chi connectivity index (χ2n) is 4.87. The average Bonchev–Trinajstić information content (AvgIpc) is 2.15. The highest BCUT2D eigenvalue weighted by molar-refractivity contribution is 5.89. The molecule has 0 bridgehead atoms. The summed E-state index contributed by atoms with van der Waals surface area (Å²) in [5.41, 5.74) is -0.759. The van der Waals surface area contributed by atoms with Gasteiger partial charge in [0.1, 0.15) is 6.04 Å². The number of hydrogen-bond acceptors (Lipinski definition) is 3. The van der Waals surface area contributed by atoms with Gasteiger partial charge in [0.2, 0.25) is 5.91 Å². The number of likely N-dealkylation sites (N-methyl/N-ethyl adjacent to an activating group) is 1. The Kier molecular flexibility index (Phi) is 5.44. The number of carboxylic acids is 1. The highest BCUT2D eigenvalue weighted by Crippen LogP contribution is 2.07. The van der Waals surface area contributed by atoms with Crippen LogP contribution in [0.4, 0.5) is 0 Å². The zero-order valence-electron chi connectivity index (χ0n) is 10.6. The number of aliphatic carboxylic acids is 1. The molecule has 0 rings (SSSR count). The fraction of sp³-hybridized carbons (Fsp3) is 0.818. The third-order valence-electron chi connectivity index (χ3n) is 2.50. The van der Waals surface area contributed by atoms with E-state index in [0.717, 1.165) is 0 Å². The van der Waals surface area contributed by atoms with Crippen LogP contribution < -0.4 is 10.6 Å². The van der Waals surface area contributed by atoms with Crippen molar-refractivity contribution < 1.29 is 14.7 Å². The molecule has 0 fully saturated rings. The normalized spacial score (nSPS) is 13.6. The van der Waals surface area contributed by atoms with E-state index < -0.39 is 17.6 Å². The molecule has 0 aromatic rings. The van der Waals surface area contributed by atoms with Crippen molar-refractivity contribution in [3.8, 4) is 0 Å². The molecule has 0 aromatic heterocycles. The molecule has 0 saturated carbocycles. The summed E-state index contributed by atoms with van der Waals surface area (Å²) in [6.07, 6.45) is 0.431. The molecular weight excluding hydrogens is 208 g/mol. The fourth-order valence-electron chi connectivity index (χ4n) is 1.15. The molecular formula is C11H22N2O3. The van der Waals surface area contributed by atoms with Gasteiger partial charge in [-0.1, -0.05) is 13.8 Å². The summed E-state index contributed by atoms with van der Waals surface area (Å²) < 4.78 is 0. The van der Waals surface area contributed by atoms with Gasteiger partial charge in [-0.3, -0.25) is 4.79 Å². The van der Waals surface area contributed by atoms with Gasteiger partial charge in [-0.25, -0.2) is 4.79 Å². The molecule has 1 amide bonds. The van der Waals surface area contributed by atoms with Gasteiger partial charge >= 0.3 is 5.97 Å². The second-order valence-corrected chi connectivity index (χ2v) is 4.87. The van der Waals surface area contributed by atoms with Crippen molar-refractivity contribution in [2.75, 3.05) is 7.05 Å². The molecule has 16 heavy (non-hydrogen) atoms. The quantitative estimate of drug-likeness (QED) is 0.624. The first-order valence-corrected chi connectivity index (χ1v) is 5.43. The van der Waals surface area contributed by atoms with Gasteiger partial charge in [0.25, 0.3) is 0 Å². The van der Waals surface area contributed by atoms with Crippen LogP contribution in [0.3, 0.4) is 0 Å². The Morgan fingerprint density at radius 1 is 1.31 bits per heavy atom. The standard InChI is InChI=1S/C11H22N2O3/c1-7(2)6-8(9(14)15)13-10(16)11(3,4)12-5/h7-8,12H,6H2,1-5H3,(H,13,16)(H,14,15)/t8-/m0/s1. The maximum absolute atomic E-state index is 11.8. The van der Waals surface area contributed by atoms with Crippen LogP contribution in [0, 0.1) is 5.92 Å². The lowest BCUT2D eigenvalue weighted by atomic mass is 10.0. The third kappa shape index (κ3) is 4.61. The molecule has 0 heterocycles.